The molecule has 0 fully saturated rings. The van der Waals surface area contributed by atoms with Gasteiger partial charge in [0.1, 0.15) is 0 Å². The van der Waals surface area contributed by atoms with E-state index in [4.69, 9.17) is 4.18 Å². The molecule has 0 saturated heterocycles. The number of nitrogens with one attached hydrogen (secondary N) is 1. The van der Waals surface area contributed by atoms with Gasteiger partial charge in [0, 0.05) is 12.7 Å². The number of hydrogen-bond donors (Lipinski definition) is 1. The molecule has 1 amide bonds. The van der Waals surface area contributed by atoms with Gasteiger partial charge < -0.3 is 5.32 Å². The van der Waals surface area contributed by atoms with Gasteiger partial charge in [0.15, 0.2) is 9.84 Å². The van der Waals surface area contributed by atoms with Crippen LogP contribution in [0.25, 0.3) is 0 Å². The van der Waals surface area contributed by atoms with Crippen LogP contribution in [0.2, 0.25) is 0 Å². The molecule has 1 N–H and O–H groups in total. The zero-order valence-electron chi connectivity index (χ0n) is 20.7. The number of sulfonamides is 1. The Morgan fingerprint density at radius 3 is 2.11 bits per heavy atom. The largest absolute Gasteiger partial charge is 0.322 e. The number of para-hydroxylation sites is 1. The van der Waals surface area contributed by atoms with E-state index in [1.54, 1.807) is 19.1 Å². The first-order valence-corrected chi connectivity index (χ1v) is 16.5. The molecule has 2 rings (SSSR count). The molecule has 0 aliphatic carbocycles. The van der Waals surface area contributed by atoms with Crippen molar-refractivity contribution in [2.24, 2.45) is 0 Å². The van der Waals surface area contributed by atoms with E-state index < -0.39 is 42.0 Å². The third-order valence-electron chi connectivity index (χ3n) is 5.41. The summed E-state index contributed by atoms with van der Waals surface area (Å²) in [6.45, 7) is 1.80. The van der Waals surface area contributed by atoms with Crippen LogP contribution in [-0.2, 0) is 34.2 Å². The quantitative estimate of drug-likeness (QED) is 0.291. The highest BCUT2D eigenvalue weighted by molar-refractivity contribution is 7.92. The van der Waals surface area contributed by atoms with Crippen LogP contribution in [0, 0.1) is 0 Å². The fourth-order valence-electron chi connectivity index (χ4n) is 3.41. The predicted molar refractivity (Wildman–Crippen MR) is 140 cm³/mol. The van der Waals surface area contributed by atoms with Crippen molar-refractivity contribution in [1.29, 1.82) is 0 Å². The van der Waals surface area contributed by atoms with E-state index in [1.807, 2.05) is 0 Å². The second-order valence-corrected chi connectivity index (χ2v) is 14.1. The van der Waals surface area contributed by atoms with Crippen molar-refractivity contribution in [1.82, 2.24) is 0 Å². The van der Waals surface area contributed by atoms with Gasteiger partial charge >= 0.3 is 0 Å². The molecule has 0 heterocycles. The Balaban J connectivity index is 2.02. The molecule has 10 nitrogen and oxygen atoms in total. The van der Waals surface area contributed by atoms with Crippen LogP contribution in [-0.4, -0.2) is 62.6 Å². The van der Waals surface area contributed by atoms with Gasteiger partial charge in [0.2, 0.25) is 10.0 Å². The van der Waals surface area contributed by atoms with Gasteiger partial charge in [0.25, 0.3) is 16.0 Å². The average molecular weight is 561 g/mol. The van der Waals surface area contributed by atoms with Crippen molar-refractivity contribution in [3.8, 4) is 0 Å². The Labute approximate surface area is 213 Å². The summed E-state index contributed by atoms with van der Waals surface area (Å²) >= 11 is 0. The summed E-state index contributed by atoms with van der Waals surface area (Å²) in [5.74, 6) is -0.655. The third kappa shape index (κ3) is 8.87. The first kappa shape index (κ1) is 29.7. The summed E-state index contributed by atoms with van der Waals surface area (Å²) in [7, 11) is -9.37. The van der Waals surface area contributed by atoms with E-state index in [0.717, 1.165) is 16.8 Å². The van der Waals surface area contributed by atoms with Crippen LogP contribution in [0.1, 0.15) is 43.0 Å². The lowest BCUT2D eigenvalue weighted by Gasteiger charge is -2.19. The van der Waals surface area contributed by atoms with Gasteiger partial charge in [-0.2, -0.15) is 8.42 Å². The molecule has 1 atom stereocenters. The van der Waals surface area contributed by atoms with E-state index in [1.165, 1.54) is 43.4 Å². The van der Waals surface area contributed by atoms with Gasteiger partial charge in [-0.3, -0.25) is 13.3 Å². The van der Waals surface area contributed by atoms with Gasteiger partial charge in [-0.25, -0.2) is 16.8 Å². The first-order chi connectivity index (χ1) is 16.6. The number of hydrogen-bond acceptors (Lipinski definition) is 8. The monoisotopic (exact) mass is 560 g/mol. The molecule has 36 heavy (non-hydrogen) atoms. The minimum Gasteiger partial charge on any atom is -0.322 e. The number of carbonyl (C=O) groups is 1. The van der Waals surface area contributed by atoms with Crippen LogP contribution in [0.15, 0.2) is 53.4 Å². The molecule has 2 aromatic carbocycles. The van der Waals surface area contributed by atoms with Crippen molar-refractivity contribution in [3.63, 3.8) is 0 Å². The SMILES string of the molecule is CCC(CCCCS(=O)(=O)c1ccc(NC(=O)c2ccccc2N(C)S(C)(=O)=O)cc1)OS(C)(=O)=O. The summed E-state index contributed by atoms with van der Waals surface area (Å²) in [5.41, 5.74) is 0.704. The zero-order valence-corrected chi connectivity index (χ0v) is 23.1. The molecular formula is C23H32N2O8S3. The smallest absolute Gasteiger partial charge is 0.264 e. The molecule has 200 valence electrons. The summed E-state index contributed by atoms with van der Waals surface area (Å²) in [6, 6.07) is 11.9. The molecule has 0 saturated carbocycles. The highest BCUT2D eigenvalue weighted by Gasteiger charge is 2.20. The predicted octanol–water partition coefficient (Wildman–Crippen LogP) is 3.03. The minimum atomic E-state index is -3.58. The molecule has 0 radical (unpaired) electrons. The number of sulfone groups is 1. The van der Waals surface area contributed by atoms with Crippen molar-refractivity contribution in [2.75, 3.05) is 34.9 Å². The van der Waals surface area contributed by atoms with Gasteiger partial charge in [-0.15, -0.1) is 0 Å². The van der Waals surface area contributed by atoms with Crippen LogP contribution in [0.3, 0.4) is 0 Å². The van der Waals surface area contributed by atoms with Crippen LogP contribution < -0.4 is 9.62 Å². The standard InChI is InChI=1S/C23H32N2O8S3/c1-5-19(33-35(4,29)30)10-8-9-17-36(31,32)20-15-13-18(14-16-20)24-23(26)21-11-6-7-12-22(21)25(2)34(3,27)28/h6-7,11-16,19H,5,8-10,17H2,1-4H3,(H,24,26). The van der Waals surface area contributed by atoms with E-state index >= 15 is 0 Å². The van der Waals surface area contributed by atoms with Gasteiger partial charge in [-0.05, 0) is 62.1 Å². The number of rotatable bonds is 13. The lowest BCUT2D eigenvalue weighted by Crippen LogP contribution is -2.27. The molecule has 0 aliphatic heterocycles. The van der Waals surface area contributed by atoms with Crippen molar-refractivity contribution in [2.45, 2.75) is 43.6 Å². The maximum absolute atomic E-state index is 12.8. The first-order valence-electron chi connectivity index (χ1n) is 11.2. The lowest BCUT2D eigenvalue weighted by molar-refractivity contribution is 0.102. The Kier molecular flexibility index (Phi) is 10.1. The number of benzene rings is 2. The summed E-state index contributed by atoms with van der Waals surface area (Å²) < 4.78 is 77.7. The maximum atomic E-state index is 12.8. The van der Waals surface area contributed by atoms with E-state index in [-0.39, 0.29) is 21.9 Å². The molecular weight excluding hydrogens is 528 g/mol. The highest BCUT2D eigenvalue weighted by atomic mass is 32.2. The normalized spacial score (nSPS) is 13.2. The fourth-order valence-corrected chi connectivity index (χ4v) is 6.03. The van der Waals surface area contributed by atoms with E-state index in [2.05, 4.69) is 5.32 Å². The second-order valence-electron chi connectivity index (χ2n) is 8.37. The number of unbranched alkanes of at least 4 members (excludes halogenated alkanes) is 1. The highest BCUT2D eigenvalue weighted by Crippen LogP contribution is 2.23. The Morgan fingerprint density at radius 2 is 1.56 bits per heavy atom. The molecule has 1 unspecified atom stereocenters. The Hall–Kier alpha value is -2.48. The number of amides is 1. The molecule has 0 aromatic heterocycles. The third-order valence-corrected chi connectivity index (χ3v) is 9.04. The lowest BCUT2D eigenvalue weighted by atomic mass is 10.1. The van der Waals surface area contributed by atoms with Gasteiger partial charge in [-0.1, -0.05) is 19.1 Å². The summed E-state index contributed by atoms with van der Waals surface area (Å²) in [5, 5.41) is 2.66. The Bertz CT molecular complexity index is 1370. The molecule has 0 spiro atoms. The number of carbonyl (C=O) groups excluding carboxylic acids is 1. The van der Waals surface area contributed by atoms with E-state index in [0.29, 0.717) is 31.4 Å². The fraction of sp³-hybridized carbons (Fsp3) is 0.435. The second kappa shape index (κ2) is 12.2. The molecule has 0 bridgehead atoms. The molecule has 13 heteroatoms. The van der Waals surface area contributed by atoms with Crippen molar-refractivity contribution in [3.05, 3.63) is 54.1 Å². The average Bonchev–Trinajstić information content (AvgIpc) is 2.79. The number of nitrogens with zero attached hydrogens (tertiary/aromatic N) is 1. The number of anilines is 2. The topological polar surface area (TPSA) is 144 Å². The van der Waals surface area contributed by atoms with Crippen LogP contribution in [0.5, 0.6) is 0 Å². The van der Waals surface area contributed by atoms with Crippen LogP contribution >= 0.6 is 0 Å². The molecule has 0 aliphatic rings. The van der Waals surface area contributed by atoms with Crippen molar-refractivity contribution >= 4 is 47.3 Å². The molecule has 2 aromatic rings. The van der Waals surface area contributed by atoms with Crippen LogP contribution in [0.4, 0.5) is 11.4 Å². The summed E-state index contributed by atoms with van der Waals surface area (Å²) in [4.78, 5) is 12.9. The van der Waals surface area contributed by atoms with Crippen molar-refractivity contribution < 1.29 is 34.2 Å². The summed E-state index contributed by atoms with van der Waals surface area (Å²) in [6.07, 6.45) is 3.30. The minimum absolute atomic E-state index is 0.0946. The van der Waals surface area contributed by atoms with E-state index in [9.17, 15) is 30.0 Å². The zero-order chi connectivity index (χ0) is 27.1. The van der Waals surface area contributed by atoms with Gasteiger partial charge in [0.05, 0.1) is 40.5 Å². The Morgan fingerprint density at radius 1 is 0.944 bits per heavy atom. The maximum Gasteiger partial charge on any atom is 0.264 e.